The van der Waals surface area contributed by atoms with Gasteiger partial charge >= 0.3 is 0 Å². The number of benzene rings is 1. The Morgan fingerprint density at radius 3 is 2.70 bits per heavy atom. The Balaban J connectivity index is 1.29. The molecule has 3 heterocycles. The van der Waals surface area contributed by atoms with E-state index in [0.29, 0.717) is 24.6 Å². The number of carbonyl (C=O) groups excluding carboxylic acids is 1. The lowest BCUT2D eigenvalue weighted by atomic mass is 9.90. The third-order valence-electron chi connectivity index (χ3n) is 6.09. The number of nitrogens with zero attached hydrogens (tertiary/aromatic N) is 2. The van der Waals surface area contributed by atoms with Crippen molar-refractivity contribution < 1.29 is 14.3 Å². The van der Waals surface area contributed by atoms with E-state index in [2.05, 4.69) is 45.8 Å². The monoisotopic (exact) mass is 467 g/mol. The van der Waals surface area contributed by atoms with E-state index in [0.717, 1.165) is 47.3 Å². The summed E-state index contributed by atoms with van der Waals surface area (Å²) in [6, 6.07) is 8.19. The molecule has 1 amide bonds. The van der Waals surface area contributed by atoms with Gasteiger partial charge in [-0.05, 0) is 44.9 Å². The summed E-state index contributed by atoms with van der Waals surface area (Å²) in [4.78, 5) is 22.0. The van der Waals surface area contributed by atoms with Gasteiger partial charge in [0.25, 0.3) is 5.91 Å². The van der Waals surface area contributed by atoms with Crippen molar-refractivity contribution in [3.8, 4) is 0 Å². The van der Waals surface area contributed by atoms with Gasteiger partial charge < -0.3 is 25.4 Å². The molecule has 33 heavy (non-hydrogen) atoms. The van der Waals surface area contributed by atoms with Crippen molar-refractivity contribution in [2.45, 2.75) is 57.4 Å². The first-order valence-corrected chi connectivity index (χ1v) is 12.3. The summed E-state index contributed by atoms with van der Waals surface area (Å²) in [5, 5.41) is 9.92. The van der Waals surface area contributed by atoms with Crippen LogP contribution < -0.4 is 16.0 Å². The zero-order valence-electron chi connectivity index (χ0n) is 18.9. The van der Waals surface area contributed by atoms with Crippen LogP contribution in [0.5, 0.6) is 0 Å². The molecule has 1 saturated carbocycles. The van der Waals surface area contributed by atoms with Crippen LogP contribution in [-0.4, -0.2) is 47.0 Å². The Kier molecular flexibility index (Phi) is 6.18. The molecule has 8 nitrogen and oxygen atoms in total. The molecular formula is C24H29N5O3S. The molecule has 1 aliphatic carbocycles. The summed E-state index contributed by atoms with van der Waals surface area (Å²) in [5.41, 5.74) is 5.05. The summed E-state index contributed by atoms with van der Waals surface area (Å²) in [6.45, 7) is 5.42. The lowest BCUT2D eigenvalue weighted by Crippen LogP contribution is -2.44. The topological polar surface area (TPSA) is 97.4 Å². The maximum Gasteiger partial charge on any atom is 0.255 e. The Bertz CT molecular complexity index is 1130. The molecule has 2 aliphatic rings. The lowest BCUT2D eigenvalue weighted by Gasteiger charge is -2.35. The molecule has 0 bridgehead atoms. The Hall–Kier alpha value is -2.75. The minimum absolute atomic E-state index is 0.103. The predicted octanol–water partition coefficient (Wildman–Crippen LogP) is 4.67. The van der Waals surface area contributed by atoms with Crippen LogP contribution in [0.2, 0.25) is 0 Å². The maximum absolute atomic E-state index is 13.1. The van der Waals surface area contributed by atoms with E-state index >= 15 is 0 Å². The van der Waals surface area contributed by atoms with Gasteiger partial charge in [0, 0.05) is 42.9 Å². The number of fused-ring (bicyclic) bond motifs is 1. The SMILES string of the molecule is CC(C)Nc1cc(Nc2ccc3ncsc3c2)ncc1C(=O)NC1CCC2(CC1)OCCO2. The molecule has 174 valence electrons. The van der Waals surface area contributed by atoms with Gasteiger partial charge in [0.1, 0.15) is 5.82 Å². The van der Waals surface area contributed by atoms with Crippen LogP contribution in [0.15, 0.2) is 36.0 Å². The van der Waals surface area contributed by atoms with E-state index in [1.165, 1.54) is 0 Å². The number of rotatable bonds is 6. The zero-order valence-corrected chi connectivity index (χ0v) is 19.7. The van der Waals surface area contributed by atoms with Crippen LogP contribution in [0.1, 0.15) is 49.9 Å². The number of hydrogen-bond donors (Lipinski definition) is 3. The average Bonchev–Trinajstić information content (AvgIpc) is 3.45. The van der Waals surface area contributed by atoms with Crippen LogP contribution >= 0.6 is 11.3 Å². The molecule has 1 aliphatic heterocycles. The molecule has 2 aromatic heterocycles. The fourth-order valence-corrected chi connectivity index (χ4v) is 5.18. The first-order chi connectivity index (χ1) is 16.0. The van der Waals surface area contributed by atoms with Gasteiger partial charge in [0.2, 0.25) is 0 Å². The van der Waals surface area contributed by atoms with E-state index in [9.17, 15) is 4.79 Å². The Labute approximate surface area is 197 Å². The number of thiazole rings is 1. The average molecular weight is 468 g/mol. The van der Waals surface area contributed by atoms with E-state index in [1.54, 1.807) is 17.5 Å². The molecule has 9 heteroatoms. The molecule has 3 aromatic rings. The van der Waals surface area contributed by atoms with E-state index in [-0.39, 0.29) is 18.0 Å². The largest absolute Gasteiger partial charge is 0.382 e. The number of pyridine rings is 1. The fraction of sp³-hybridized carbons (Fsp3) is 0.458. The maximum atomic E-state index is 13.1. The highest BCUT2D eigenvalue weighted by atomic mass is 32.1. The van der Waals surface area contributed by atoms with Crippen molar-refractivity contribution in [2.24, 2.45) is 0 Å². The van der Waals surface area contributed by atoms with E-state index in [1.807, 2.05) is 23.7 Å². The third kappa shape index (κ3) is 4.95. The second-order valence-corrected chi connectivity index (χ2v) is 9.82. The van der Waals surface area contributed by atoms with Crippen molar-refractivity contribution >= 4 is 44.7 Å². The van der Waals surface area contributed by atoms with E-state index in [4.69, 9.17) is 9.47 Å². The summed E-state index contributed by atoms with van der Waals surface area (Å²) >= 11 is 1.60. The molecule has 0 radical (unpaired) electrons. The molecule has 0 unspecified atom stereocenters. The van der Waals surface area contributed by atoms with Crippen molar-refractivity contribution in [3.05, 3.63) is 41.5 Å². The molecular weight excluding hydrogens is 438 g/mol. The van der Waals surface area contributed by atoms with Gasteiger partial charge in [-0.25, -0.2) is 9.97 Å². The van der Waals surface area contributed by atoms with E-state index < -0.39 is 5.79 Å². The summed E-state index contributed by atoms with van der Waals surface area (Å²) in [5.74, 6) is 0.133. The molecule has 5 rings (SSSR count). The number of nitrogens with one attached hydrogen (secondary N) is 3. The fourth-order valence-electron chi connectivity index (χ4n) is 4.47. The summed E-state index contributed by atoms with van der Waals surface area (Å²) < 4.78 is 12.7. The van der Waals surface area contributed by atoms with Crippen molar-refractivity contribution in [3.63, 3.8) is 0 Å². The molecule has 1 spiro atoms. The van der Waals surface area contributed by atoms with Crippen LogP contribution in [0, 0.1) is 0 Å². The first kappa shape index (κ1) is 22.1. The normalized spacial score (nSPS) is 18.2. The van der Waals surface area contributed by atoms with Crippen molar-refractivity contribution in [1.29, 1.82) is 0 Å². The third-order valence-corrected chi connectivity index (χ3v) is 6.88. The van der Waals surface area contributed by atoms with Crippen molar-refractivity contribution in [2.75, 3.05) is 23.8 Å². The lowest BCUT2D eigenvalue weighted by molar-refractivity contribution is -0.179. The van der Waals surface area contributed by atoms with Gasteiger partial charge in [-0.15, -0.1) is 11.3 Å². The molecule has 0 atom stereocenters. The molecule has 3 N–H and O–H groups in total. The van der Waals surface area contributed by atoms with Crippen LogP contribution in [0.25, 0.3) is 10.2 Å². The van der Waals surface area contributed by atoms with Gasteiger partial charge in [-0.1, -0.05) is 0 Å². The van der Waals surface area contributed by atoms with Gasteiger partial charge in [0.05, 0.1) is 40.2 Å². The zero-order chi connectivity index (χ0) is 22.8. The Morgan fingerprint density at radius 1 is 1.15 bits per heavy atom. The number of anilines is 3. The number of amides is 1. The number of carbonyl (C=O) groups is 1. The standard InChI is InChI=1S/C24H29N5O3S/c1-15(2)27-20-12-22(28-17-3-4-19-21(11-17)33-14-26-19)25-13-18(20)23(30)29-16-5-7-24(8-6-16)31-9-10-32-24/h3-4,11-16H,5-10H2,1-2H3,(H,29,30)(H2,25,27,28). The highest BCUT2D eigenvalue weighted by Crippen LogP contribution is 2.36. The molecule has 2 fully saturated rings. The second-order valence-electron chi connectivity index (χ2n) is 8.93. The highest BCUT2D eigenvalue weighted by molar-refractivity contribution is 7.16. The Morgan fingerprint density at radius 2 is 1.94 bits per heavy atom. The minimum atomic E-state index is -0.428. The summed E-state index contributed by atoms with van der Waals surface area (Å²) in [7, 11) is 0. The summed E-state index contributed by atoms with van der Waals surface area (Å²) in [6.07, 6.45) is 4.93. The first-order valence-electron chi connectivity index (χ1n) is 11.5. The highest BCUT2D eigenvalue weighted by Gasteiger charge is 2.40. The second kappa shape index (κ2) is 9.24. The number of aromatic nitrogens is 2. The van der Waals surface area contributed by atoms with Crippen molar-refractivity contribution in [1.82, 2.24) is 15.3 Å². The van der Waals surface area contributed by atoms with Crippen LogP contribution in [0.3, 0.4) is 0 Å². The van der Waals surface area contributed by atoms with Crippen LogP contribution in [0.4, 0.5) is 17.2 Å². The molecule has 1 saturated heterocycles. The van der Waals surface area contributed by atoms with Gasteiger partial charge in [-0.3, -0.25) is 4.79 Å². The number of ether oxygens (including phenoxy) is 2. The van der Waals surface area contributed by atoms with Gasteiger partial charge in [-0.2, -0.15) is 0 Å². The van der Waals surface area contributed by atoms with Crippen LogP contribution in [-0.2, 0) is 9.47 Å². The van der Waals surface area contributed by atoms with Gasteiger partial charge in [0.15, 0.2) is 5.79 Å². The minimum Gasteiger partial charge on any atom is -0.382 e. The quantitative estimate of drug-likeness (QED) is 0.485. The molecule has 1 aromatic carbocycles. The smallest absolute Gasteiger partial charge is 0.255 e. The number of hydrogen-bond acceptors (Lipinski definition) is 8. The predicted molar refractivity (Wildman–Crippen MR) is 130 cm³/mol.